The molecule has 1 aromatic heterocycles. The first-order valence-corrected chi connectivity index (χ1v) is 8.90. The fourth-order valence-electron chi connectivity index (χ4n) is 2.82. The third-order valence-electron chi connectivity index (χ3n) is 4.24. The largest absolute Gasteiger partial charge is 0.348 e. The summed E-state index contributed by atoms with van der Waals surface area (Å²) in [6, 6.07) is -0.305. The minimum Gasteiger partial charge on any atom is -0.348 e. The van der Waals surface area contributed by atoms with Gasteiger partial charge in [-0.2, -0.15) is 0 Å². The number of piperidine rings is 1. The van der Waals surface area contributed by atoms with Gasteiger partial charge in [-0.3, -0.25) is 9.59 Å². The van der Waals surface area contributed by atoms with Crippen LogP contribution in [0.25, 0.3) is 0 Å². The Kier molecular flexibility index (Phi) is 4.71. The molecule has 1 aromatic rings. The van der Waals surface area contributed by atoms with E-state index in [2.05, 4.69) is 15.5 Å². The molecule has 1 aliphatic carbocycles. The molecule has 1 atom stereocenters. The molecule has 0 spiro atoms. The highest BCUT2D eigenvalue weighted by atomic mass is 32.1. The summed E-state index contributed by atoms with van der Waals surface area (Å²) in [7, 11) is 0. The highest BCUT2D eigenvalue weighted by Crippen LogP contribution is 2.33. The Balaban J connectivity index is 1.58. The van der Waals surface area contributed by atoms with Gasteiger partial charge in [-0.15, -0.1) is 10.2 Å². The minimum absolute atomic E-state index is 0.0538. The second kappa shape index (κ2) is 6.73. The van der Waals surface area contributed by atoms with Gasteiger partial charge in [0.15, 0.2) is 0 Å². The molecule has 22 heavy (non-hydrogen) atoms. The number of amides is 2. The Morgan fingerprint density at radius 2 is 2.00 bits per heavy atom. The van der Waals surface area contributed by atoms with Gasteiger partial charge in [0.05, 0.1) is 6.54 Å². The quantitative estimate of drug-likeness (QED) is 0.891. The lowest BCUT2D eigenvalue weighted by Crippen LogP contribution is -2.52. The molecule has 0 unspecified atom stereocenters. The molecule has 2 fully saturated rings. The number of nitrogens with one attached hydrogen (secondary N) is 1. The van der Waals surface area contributed by atoms with Crippen LogP contribution in [0.1, 0.15) is 49.0 Å². The average Bonchev–Trinajstić information content (AvgIpc) is 3.30. The number of aryl methyl sites for hydroxylation is 1. The Morgan fingerprint density at radius 1 is 1.23 bits per heavy atom. The van der Waals surface area contributed by atoms with Crippen LogP contribution >= 0.6 is 11.3 Å². The molecule has 6 nitrogen and oxygen atoms in total. The van der Waals surface area contributed by atoms with Gasteiger partial charge >= 0.3 is 0 Å². The second-order valence-electron chi connectivity index (χ2n) is 5.98. The van der Waals surface area contributed by atoms with E-state index >= 15 is 0 Å². The van der Waals surface area contributed by atoms with E-state index in [1.165, 1.54) is 11.3 Å². The van der Waals surface area contributed by atoms with Crippen LogP contribution in [0.2, 0.25) is 0 Å². The fraction of sp³-hybridized carbons (Fsp3) is 0.733. The van der Waals surface area contributed by atoms with Crippen molar-refractivity contribution in [1.82, 2.24) is 20.4 Å². The van der Waals surface area contributed by atoms with Gasteiger partial charge in [-0.05, 0) is 38.5 Å². The molecule has 0 bridgehead atoms. The zero-order valence-electron chi connectivity index (χ0n) is 12.9. The van der Waals surface area contributed by atoms with Crippen molar-refractivity contribution in [2.45, 2.75) is 58.0 Å². The van der Waals surface area contributed by atoms with Crippen LogP contribution in [0.3, 0.4) is 0 Å². The molecule has 3 rings (SSSR count). The van der Waals surface area contributed by atoms with Gasteiger partial charge in [-0.25, -0.2) is 0 Å². The van der Waals surface area contributed by atoms with E-state index in [0.29, 0.717) is 13.1 Å². The fourth-order valence-corrected chi connectivity index (χ4v) is 3.54. The molecule has 1 aliphatic heterocycles. The predicted octanol–water partition coefficient (Wildman–Crippen LogP) is 1.51. The molecule has 2 heterocycles. The Labute approximate surface area is 134 Å². The smallest absolute Gasteiger partial charge is 0.243 e. The van der Waals surface area contributed by atoms with Gasteiger partial charge < -0.3 is 10.2 Å². The van der Waals surface area contributed by atoms with E-state index in [0.717, 1.165) is 48.5 Å². The van der Waals surface area contributed by atoms with E-state index in [-0.39, 0.29) is 23.8 Å². The summed E-state index contributed by atoms with van der Waals surface area (Å²) in [5.41, 5.74) is 0. The van der Waals surface area contributed by atoms with Crippen molar-refractivity contribution in [3.63, 3.8) is 0 Å². The number of carbonyl (C=O) groups is 2. The zero-order valence-corrected chi connectivity index (χ0v) is 13.7. The highest BCUT2D eigenvalue weighted by Gasteiger charge is 2.39. The topological polar surface area (TPSA) is 75.2 Å². The number of hydrogen-bond donors (Lipinski definition) is 1. The maximum Gasteiger partial charge on any atom is 0.243 e. The Bertz CT molecular complexity index is 555. The van der Waals surface area contributed by atoms with Crippen molar-refractivity contribution in [2.24, 2.45) is 5.92 Å². The maximum atomic E-state index is 12.5. The number of nitrogens with zero attached hydrogens (tertiary/aromatic N) is 3. The van der Waals surface area contributed by atoms with E-state index in [1.54, 1.807) is 4.90 Å². The summed E-state index contributed by atoms with van der Waals surface area (Å²) in [4.78, 5) is 26.6. The van der Waals surface area contributed by atoms with Crippen molar-refractivity contribution in [1.29, 1.82) is 0 Å². The van der Waals surface area contributed by atoms with Gasteiger partial charge in [-0.1, -0.05) is 18.3 Å². The SMILES string of the molecule is CCc1nnc(CNC(=O)[C@H]2CCCCN2C(=O)C2CC2)s1. The number of carbonyl (C=O) groups excluding carboxylic acids is 2. The van der Waals surface area contributed by atoms with Crippen LogP contribution in [0.15, 0.2) is 0 Å². The summed E-state index contributed by atoms with van der Waals surface area (Å²) < 4.78 is 0. The van der Waals surface area contributed by atoms with Gasteiger partial charge in [0, 0.05) is 12.5 Å². The lowest BCUT2D eigenvalue weighted by atomic mass is 10.0. The molecular formula is C15H22N4O2S. The maximum absolute atomic E-state index is 12.5. The summed E-state index contributed by atoms with van der Waals surface area (Å²) in [6.45, 7) is 3.15. The van der Waals surface area contributed by atoms with Crippen LogP contribution < -0.4 is 5.32 Å². The standard InChI is InChI=1S/C15H22N4O2S/c1-2-12-17-18-13(22-12)9-16-14(20)11-5-3-4-8-19(11)15(21)10-6-7-10/h10-11H,2-9H2,1H3,(H,16,20)/t11-/m1/s1. The Morgan fingerprint density at radius 3 is 2.68 bits per heavy atom. The van der Waals surface area contributed by atoms with E-state index in [4.69, 9.17) is 0 Å². The normalized spacial score (nSPS) is 21.7. The zero-order chi connectivity index (χ0) is 15.5. The van der Waals surface area contributed by atoms with E-state index in [9.17, 15) is 9.59 Å². The first kappa shape index (κ1) is 15.4. The number of likely N-dealkylation sites (tertiary alicyclic amines) is 1. The van der Waals surface area contributed by atoms with Crippen molar-refractivity contribution in [2.75, 3.05) is 6.54 Å². The number of aromatic nitrogens is 2. The van der Waals surface area contributed by atoms with E-state index < -0.39 is 0 Å². The average molecular weight is 322 g/mol. The van der Waals surface area contributed by atoms with Crippen LogP contribution in [-0.2, 0) is 22.6 Å². The van der Waals surface area contributed by atoms with Gasteiger partial charge in [0.2, 0.25) is 11.8 Å². The minimum atomic E-state index is -0.305. The highest BCUT2D eigenvalue weighted by molar-refractivity contribution is 7.11. The monoisotopic (exact) mass is 322 g/mol. The van der Waals surface area contributed by atoms with Crippen LogP contribution in [0, 0.1) is 5.92 Å². The van der Waals surface area contributed by atoms with Crippen molar-refractivity contribution < 1.29 is 9.59 Å². The predicted molar refractivity (Wildman–Crippen MR) is 83.2 cm³/mol. The first-order chi connectivity index (χ1) is 10.7. The molecule has 2 amide bonds. The van der Waals surface area contributed by atoms with Crippen molar-refractivity contribution in [3.05, 3.63) is 10.0 Å². The van der Waals surface area contributed by atoms with Crippen LogP contribution in [0.4, 0.5) is 0 Å². The molecule has 0 radical (unpaired) electrons. The summed E-state index contributed by atoms with van der Waals surface area (Å²) in [5, 5.41) is 12.8. The molecule has 120 valence electrons. The second-order valence-corrected chi connectivity index (χ2v) is 7.13. The van der Waals surface area contributed by atoms with Crippen molar-refractivity contribution in [3.8, 4) is 0 Å². The molecule has 1 saturated carbocycles. The summed E-state index contributed by atoms with van der Waals surface area (Å²) in [6.07, 6.45) is 5.59. The Hall–Kier alpha value is -1.50. The molecule has 1 N–H and O–H groups in total. The molecule has 1 saturated heterocycles. The molecule has 7 heteroatoms. The van der Waals surface area contributed by atoms with Crippen LogP contribution in [-0.4, -0.2) is 39.5 Å². The number of rotatable bonds is 5. The third-order valence-corrected chi connectivity index (χ3v) is 5.31. The molecule has 0 aromatic carbocycles. The first-order valence-electron chi connectivity index (χ1n) is 8.08. The van der Waals surface area contributed by atoms with E-state index in [1.807, 2.05) is 6.92 Å². The number of hydrogen-bond acceptors (Lipinski definition) is 5. The lowest BCUT2D eigenvalue weighted by molar-refractivity contribution is -0.143. The molecule has 2 aliphatic rings. The van der Waals surface area contributed by atoms with Crippen LogP contribution in [0.5, 0.6) is 0 Å². The summed E-state index contributed by atoms with van der Waals surface area (Å²) >= 11 is 1.53. The lowest BCUT2D eigenvalue weighted by Gasteiger charge is -2.34. The third kappa shape index (κ3) is 3.45. The van der Waals surface area contributed by atoms with Gasteiger partial charge in [0.25, 0.3) is 0 Å². The summed E-state index contributed by atoms with van der Waals surface area (Å²) in [5.74, 6) is 0.287. The molecular weight excluding hydrogens is 300 g/mol. The van der Waals surface area contributed by atoms with Gasteiger partial charge in [0.1, 0.15) is 16.1 Å². The van der Waals surface area contributed by atoms with Crippen molar-refractivity contribution >= 4 is 23.2 Å².